The fourth-order valence-electron chi connectivity index (χ4n) is 1.03. The summed E-state index contributed by atoms with van der Waals surface area (Å²) < 4.78 is 0. The molecule has 0 rings (SSSR count). The summed E-state index contributed by atoms with van der Waals surface area (Å²) in [4.78, 5) is 22.0. The van der Waals surface area contributed by atoms with Gasteiger partial charge in [0.05, 0.1) is 5.75 Å². The van der Waals surface area contributed by atoms with Crippen LogP contribution in [0.5, 0.6) is 0 Å². The second-order valence-corrected chi connectivity index (χ2v) is 4.07. The number of rotatable bonds is 6. The number of aliphatic carboxylic acids is 1. The molecule has 2 atom stereocenters. The predicted molar refractivity (Wildman–Crippen MR) is 57.4 cm³/mol. The number of nitrogens with one attached hydrogen (secondary N) is 1. The van der Waals surface area contributed by atoms with E-state index in [1.165, 1.54) is 11.8 Å². The van der Waals surface area contributed by atoms with E-state index in [1.54, 1.807) is 6.26 Å². The molecule has 0 radical (unpaired) electrons. The molecular weight excluding hydrogens is 202 g/mol. The van der Waals surface area contributed by atoms with E-state index >= 15 is 0 Å². The topological polar surface area (TPSA) is 66.4 Å². The first-order chi connectivity index (χ1) is 6.52. The van der Waals surface area contributed by atoms with Gasteiger partial charge in [0.25, 0.3) is 0 Å². The third kappa shape index (κ3) is 4.50. The summed E-state index contributed by atoms with van der Waals surface area (Å²) in [6.45, 7) is 3.72. The molecule has 14 heavy (non-hydrogen) atoms. The highest BCUT2D eigenvalue weighted by molar-refractivity contribution is 7.99. The van der Waals surface area contributed by atoms with Crippen LogP contribution in [0, 0.1) is 5.92 Å². The van der Waals surface area contributed by atoms with Gasteiger partial charge in [-0.05, 0) is 12.2 Å². The van der Waals surface area contributed by atoms with Crippen LogP contribution in [0.1, 0.15) is 20.3 Å². The molecule has 0 aliphatic rings. The van der Waals surface area contributed by atoms with Crippen molar-refractivity contribution in [2.75, 3.05) is 12.0 Å². The maximum Gasteiger partial charge on any atom is 0.326 e. The van der Waals surface area contributed by atoms with Gasteiger partial charge >= 0.3 is 5.97 Å². The summed E-state index contributed by atoms with van der Waals surface area (Å²) in [5.74, 6) is -0.919. The van der Waals surface area contributed by atoms with Crippen LogP contribution >= 0.6 is 11.8 Å². The maximum absolute atomic E-state index is 11.2. The number of carbonyl (C=O) groups excluding carboxylic acids is 1. The molecule has 0 saturated carbocycles. The highest BCUT2D eigenvalue weighted by Gasteiger charge is 2.24. The zero-order chi connectivity index (χ0) is 11.1. The molecule has 2 unspecified atom stereocenters. The van der Waals surface area contributed by atoms with E-state index in [1.807, 2.05) is 13.8 Å². The van der Waals surface area contributed by atoms with Crippen LogP contribution in [0.15, 0.2) is 0 Å². The summed E-state index contributed by atoms with van der Waals surface area (Å²) >= 11 is 1.38. The quantitative estimate of drug-likeness (QED) is 0.698. The van der Waals surface area contributed by atoms with Crippen molar-refractivity contribution in [3.63, 3.8) is 0 Å². The minimum absolute atomic E-state index is 0.0432. The molecule has 0 saturated heterocycles. The Morgan fingerprint density at radius 1 is 1.50 bits per heavy atom. The first-order valence-corrected chi connectivity index (χ1v) is 5.93. The van der Waals surface area contributed by atoms with Crippen LogP contribution in [0.4, 0.5) is 0 Å². The van der Waals surface area contributed by atoms with E-state index < -0.39 is 12.0 Å². The summed E-state index contributed by atoms with van der Waals surface area (Å²) in [7, 11) is 0. The van der Waals surface area contributed by atoms with Gasteiger partial charge in [0.15, 0.2) is 0 Å². The van der Waals surface area contributed by atoms with Crippen LogP contribution in [0.2, 0.25) is 0 Å². The van der Waals surface area contributed by atoms with Crippen molar-refractivity contribution < 1.29 is 14.7 Å². The van der Waals surface area contributed by atoms with Crippen molar-refractivity contribution >= 4 is 23.6 Å². The van der Waals surface area contributed by atoms with Crippen LogP contribution < -0.4 is 5.32 Å². The lowest BCUT2D eigenvalue weighted by atomic mass is 9.99. The molecule has 0 heterocycles. The molecule has 4 nitrogen and oxygen atoms in total. The Bertz CT molecular complexity index is 208. The Morgan fingerprint density at radius 3 is 2.43 bits per heavy atom. The van der Waals surface area contributed by atoms with Gasteiger partial charge in [-0.15, -0.1) is 0 Å². The summed E-state index contributed by atoms with van der Waals surface area (Å²) in [5.41, 5.74) is 0. The smallest absolute Gasteiger partial charge is 0.326 e. The van der Waals surface area contributed by atoms with Crippen molar-refractivity contribution in [2.24, 2.45) is 5.92 Å². The number of thioether (sulfide) groups is 1. The number of hydrogen-bond donors (Lipinski definition) is 2. The lowest BCUT2D eigenvalue weighted by molar-refractivity contribution is -0.143. The minimum Gasteiger partial charge on any atom is -0.480 e. The predicted octanol–water partition coefficient (Wildman–Crippen LogP) is 0.965. The average molecular weight is 219 g/mol. The number of hydrogen-bond acceptors (Lipinski definition) is 3. The summed E-state index contributed by atoms with van der Waals surface area (Å²) in [5, 5.41) is 11.4. The number of carboxylic acids is 1. The standard InChI is InChI=1S/C9H17NO3S/c1-4-6(2)8(9(12)13)10-7(11)5-14-3/h6,8H,4-5H2,1-3H3,(H,10,11)(H,12,13). The first kappa shape index (κ1) is 13.3. The van der Waals surface area contributed by atoms with Crippen molar-refractivity contribution in [3.05, 3.63) is 0 Å². The van der Waals surface area contributed by atoms with Gasteiger partial charge < -0.3 is 10.4 Å². The Kier molecular flexibility index (Phi) is 6.36. The zero-order valence-corrected chi connectivity index (χ0v) is 9.56. The van der Waals surface area contributed by atoms with Crippen LogP contribution in [0.3, 0.4) is 0 Å². The van der Waals surface area contributed by atoms with E-state index in [0.717, 1.165) is 6.42 Å². The molecule has 1 amide bonds. The Balaban J connectivity index is 4.23. The van der Waals surface area contributed by atoms with E-state index in [2.05, 4.69) is 5.32 Å². The zero-order valence-electron chi connectivity index (χ0n) is 8.74. The van der Waals surface area contributed by atoms with E-state index in [0.29, 0.717) is 5.75 Å². The highest BCUT2D eigenvalue weighted by atomic mass is 32.2. The summed E-state index contributed by atoms with van der Waals surface area (Å²) in [6, 6.07) is -0.764. The third-order valence-electron chi connectivity index (χ3n) is 2.07. The van der Waals surface area contributed by atoms with Gasteiger partial charge in [0.1, 0.15) is 6.04 Å². The summed E-state index contributed by atoms with van der Waals surface area (Å²) in [6.07, 6.45) is 2.54. The van der Waals surface area contributed by atoms with Crippen molar-refractivity contribution in [3.8, 4) is 0 Å². The molecule has 0 aromatic heterocycles. The van der Waals surface area contributed by atoms with Gasteiger partial charge in [0.2, 0.25) is 5.91 Å². The number of amides is 1. The Hall–Kier alpha value is -0.710. The average Bonchev–Trinajstić information content (AvgIpc) is 2.13. The lowest BCUT2D eigenvalue weighted by Gasteiger charge is -2.19. The molecule has 0 bridgehead atoms. The minimum atomic E-state index is -0.964. The monoisotopic (exact) mass is 219 g/mol. The number of carbonyl (C=O) groups is 2. The van der Waals surface area contributed by atoms with Crippen molar-refractivity contribution in [2.45, 2.75) is 26.3 Å². The molecule has 0 aliphatic carbocycles. The van der Waals surface area contributed by atoms with Crippen LogP contribution in [-0.2, 0) is 9.59 Å². The molecule has 0 fully saturated rings. The lowest BCUT2D eigenvalue weighted by Crippen LogP contribution is -2.45. The van der Waals surface area contributed by atoms with Crippen molar-refractivity contribution in [1.29, 1.82) is 0 Å². The third-order valence-corrected chi connectivity index (χ3v) is 2.62. The van der Waals surface area contributed by atoms with Gasteiger partial charge in [0, 0.05) is 0 Å². The SMILES string of the molecule is CCC(C)C(NC(=O)CSC)C(=O)O. The first-order valence-electron chi connectivity index (χ1n) is 4.54. The molecule has 5 heteroatoms. The molecule has 0 spiro atoms. The largest absolute Gasteiger partial charge is 0.480 e. The van der Waals surface area contributed by atoms with Gasteiger partial charge in [-0.3, -0.25) is 4.79 Å². The Morgan fingerprint density at radius 2 is 2.07 bits per heavy atom. The van der Waals surface area contributed by atoms with Crippen LogP contribution in [-0.4, -0.2) is 35.0 Å². The second kappa shape index (κ2) is 6.70. The molecular formula is C9H17NO3S. The van der Waals surface area contributed by atoms with Gasteiger partial charge in [-0.2, -0.15) is 11.8 Å². The molecule has 0 aliphatic heterocycles. The fraction of sp³-hybridized carbons (Fsp3) is 0.778. The highest BCUT2D eigenvalue weighted by Crippen LogP contribution is 2.08. The maximum atomic E-state index is 11.2. The van der Waals surface area contributed by atoms with E-state index in [4.69, 9.17) is 5.11 Å². The van der Waals surface area contributed by atoms with Crippen molar-refractivity contribution in [1.82, 2.24) is 5.32 Å². The molecule has 2 N–H and O–H groups in total. The fourth-order valence-corrected chi connectivity index (χ4v) is 1.37. The second-order valence-electron chi connectivity index (χ2n) is 3.20. The normalized spacial score (nSPS) is 14.5. The molecule has 0 aromatic carbocycles. The van der Waals surface area contributed by atoms with E-state index in [9.17, 15) is 9.59 Å². The van der Waals surface area contributed by atoms with E-state index in [-0.39, 0.29) is 11.8 Å². The molecule has 82 valence electrons. The van der Waals surface area contributed by atoms with Gasteiger partial charge in [-0.25, -0.2) is 4.79 Å². The number of carboxylic acid groups (broad SMARTS) is 1. The van der Waals surface area contributed by atoms with Crippen LogP contribution in [0.25, 0.3) is 0 Å². The Labute approximate surface area is 88.4 Å². The molecule has 0 aromatic rings. The van der Waals surface area contributed by atoms with Gasteiger partial charge in [-0.1, -0.05) is 20.3 Å².